The molecule has 1 aromatic carbocycles. The Morgan fingerprint density at radius 3 is 2.07 bits per heavy atom. The predicted molar refractivity (Wildman–Crippen MR) is 127 cm³/mol. The fraction of sp³-hybridized carbons (Fsp3) is 0.250. The number of halogens is 7. The lowest BCUT2D eigenvalue weighted by molar-refractivity contribution is -0.275. The van der Waals surface area contributed by atoms with Crippen molar-refractivity contribution in [2.75, 3.05) is 19.5 Å². The smallest absolute Gasteiger partial charge is 0.493 e. The molecule has 2 amide bonds. The lowest BCUT2D eigenvalue weighted by Crippen LogP contribution is -2.19. The van der Waals surface area contributed by atoms with Crippen LogP contribution >= 0.6 is 0 Å². The number of primary amides is 1. The van der Waals surface area contributed by atoms with Gasteiger partial charge in [-0.3, -0.25) is 14.6 Å². The summed E-state index contributed by atoms with van der Waals surface area (Å²) >= 11 is 0. The van der Waals surface area contributed by atoms with E-state index in [0.717, 1.165) is 20.3 Å². The molecule has 0 spiro atoms. The maximum absolute atomic E-state index is 14.7. The molecule has 0 saturated heterocycles. The molecule has 0 aliphatic heterocycles. The molecule has 41 heavy (non-hydrogen) atoms. The van der Waals surface area contributed by atoms with Gasteiger partial charge in [-0.1, -0.05) is 0 Å². The van der Waals surface area contributed by atoms with Crippen LogP contribution in [-0.4, -0.2) is 42.9 Å². The number of anilines is 1. The number of nitrogens with two attached hydrogens (primary N) is 1. The fourth-order valence-electron chi connectivity index (χ4n) is 3.23. The number of aryl methyl sites for hydroxylation is 2. The van der Waals surface area contributed by atoms with E-state index >= 15 is 0 Å². The Balaban J connectivity index is 0.00000187. The molecule has 3 rings (SSSR count). The van der Waals surface area contributed by atoms with Crippen LogP contribution in [-0.2, 0) is 11.0 Å². The summed E-state index contributed by atoms with van der Waals surface area (Å²) in [4.78, 5) is 29.1. The molecule has 17 heteroatoms. The molecule has 0 aliphatic rings. The van der Waals surface area contributed by atoms with Crippen LogP contribution in [0.3, 0.4) is 0 Å². The third kappa shape index (κ3) is 8.09. The van der Waals surface area contributed by atoms with Gasteiger partial charge in [-0.25, -0.2) is 4.98 Å². The maximum atomic E-state index is 14.7. The fourth-order valence-corrected chi connectivity index (χ4v) is 3.23. The molecule has 3 aromatic rings. The van der Waals surface area contributed by atoms with Crippen molar-refractivity contribution >= 4 is 18.0 Å². The van der Waals surface area contributed by atoms with Crippen LogP contribution in [0, 0.1) is 19.7 Å². The first-order valence-electron chi connectivity index (χ1n) is 10.9. The number of nitrogens with zero attached hydrogens (tertiary/aromatic N) is 2. The van der Waals surface area contributed by atoms with Gasteiger partial charge in [0, 0.05) is 17.6 Å². The Labute approximate surface area is 227 Å². The number of nitrogens with one attached hydrogen (secondary N) is 1. The van der Waals surface area contributed by atoms with Crippen LogP contribution in [0.5, 0.6) is 28.7 Å². The van der Waals surface area contributed by atoms with E-state index in [9.17, 15) is 35.5 Å². The third-order valence-electron chi connectivity index (χ3n) is 4.86. The molecule has 3 N–H and O–H groups in total. The lowest BCUT2D eigenvalue weighted by Gasteiger charge is -2.20. The SMILES string of the molecule is COc1c(Oc2cnc(C(F)(F)F)c(OC)c2C(=O)Nc2cc(C)ncc2C)ccc(OC(F)(F)F)c1F.NC=O. The van der Waals surface area contributed by atoms with Crippen LogP contribution in [0.2, 0.25) is 0 Å². The second-order valence-electron chi connectivity index (χ2n) is 7.67. The number of aromatic nitrogens is 2. The quantitative estimate of drug-likeness (QED) is 0.278. The van der Waals surface area contributed by atoms with Gasteiger partial charge in [0.15, 0.2) is 28.7 Å². The number of pyridine rings is 2. The highest BCUT2D eigenvalue weighted by Gasteiger charge is 2.40. The summed E-state index contributed by atoms with van der Waals surface area (Å²) in [6.45, 7) is 3.20. The molecule has 0 atom stereocenters. The molecule has 10 nitrogen and oxygen atoms in total. The van der Waals surface area contributed by atoms with E-state index in [1.807, 2.05) is 0 Å². The summed E-state index contributed by atoms with van der Waals surface area (Å²) in [5.41, 5.74) is 2.98. The van der Waals surface area contributed by atoms with Gasteiger partial charge >= 0.3 is 12.5 Å². The van der Waals surface area contributed by atoms with Crippen molar-refractivity contribution in [1.82, 2.24) is 9.97 Å². The van der Waals surface area contributed by atoms with E-state index in [4.69, 9.17) is 19.0 Å². The van der Waals surface area contributed by atoms with Crippen molar-refractivity contribution < 1.29 is 59.3 Å². The van der Waals surface area contributed by atoms with E-state index in [0.29, 0.717) is 23.5 Å². The number of carbonyl (C=O) groups is 2. The van der Waals surface area contributed by atoms with Crippen LogP contribution in [0.1, 0.15) is 27.3 Å². The minimum absolute atomic E-state index is 0.207. The standard InChI is InChI=1S/C23H18F7N3O5.CH3NO/c1-10-8-31-11(2)7-12(10)33-21(34)16-15(9-32-20(19(16)36-4)22(25,26)27)37-14-6-5-13(38-23(28,29)30)17(24)18(14)35-3;2-1-3/h5-9H,1-4H3,(H,31,33,34);1H,(H2,2,3). The first-order valence-corrected chi connectivity index (χ1v) is 10.9. The van der Waals surface area contributed by atoms with Gasteiger partial charge in [-0.2, -0.15) is 17.6 Å². The van der Waals surface area contributed by atoms with Crippen LogP contribution in [0.4, 0.5) is 36.4 Å². The molecule has 0 radical (unpaired) electrons. The number of benzene rings is 1. The van der Waals surface area contributed by atoms with Crippen molar-refractivity contribution in [3.8, 4) is 28.7 Å². The van der Waals surface area contributed by atoms with Gasteiger partial charge in [0.25, 0.3) is 5.91 Å². The number of hydrogen-bond donors (Lipinski definition) is 2. The van der Waals surface area contributed by atoms with Crippen LogP contribution in [0.25, 0.3) is 0 Å². The number of alkyl halides is 6. The van der Waals surface area contributed by atoms with Crippen LogP contribution in [0.15, 0.2) is 30.6 Å². The number of carbonyl (C=O) groups excluding carboxylic acids is 2. The first kappa shape index (κ1) is 32.4. The van der Waals surface area contributed by atoms with E-state index in [1.54, 1.807) is 13.8 Å². The minimum atomic E-state index is -5.23. The number of ether oxygens (including phenoxy) is 4. The molecular weight excluding hydrogens is 573 g/mol. The Bertz CT molecular complexity index is 1410. The van der Waals surface area contributed by atoms with Gasteiger partial charge in [-0.15, -0.1) is 13.2 Å². The normalized spacial score (nSPS) is 11.1. The largest absolute Gasteiger partial charge is 0.573 e. The zero-order valence-corrected chi connectivity index (χ0v) is 21.5. The predicted octanol–water partition coefficient (Wildman–Crippen LogP) is 5.31. The number of rotatable bonds is 7. The molecular formula is C24H21F7N4O6. The Kier molecular flexibility index (Phi) is 10.3. The van der Waals surface area contributed by atoms with Gasteiger partial charge in [0.1, 0.15) is 5.56 Å². The highest BCUT2D eigenvalue weighted by Crippen LogP contribution is 2.44. The van der Waals surface area contributed by atoms with Gasteiger partial charge in [0.2, 0.25) is 18.0 Å². The molecule has 2 aromatic heterocycles. The first-order chi connectivity index (χ1) is 19.1. The van der Waals surface area contributed by atoms with Gasteiger partial charge < -0.3 is 30.0 Å². The number of hydrogen-bond acceptors (Lipinski definition) is 8. The number of methoxy groups -OCH3 is 2. The van der Waals surface area contributed by atoms with Gasteiger partial charge in [-0.05, 0) is 37.6 Å². The van der Waals surface area contributed by atoms with Crippen molar-refractivity contribution in [2.24, 2.45) is 5.73 Å². The molecule has 0 bridgehead atoms. The number of amides is 2. The maximum Gasteiger partial charge on any atom is 0.573 e. The van der Waals surface area contributed by atoms with Gasteiger partial charge in [0.05, 0.1) is 20.4 Å². The van der Waals surface area contributed by atoms with Crippen molar-refractivity contribution in [2.45, 2.75) is 26.4 Å². The summed E-state index contributed by atoms with van der Waals surface area (Å²) in [7, 11) is 1.76. The van der Waals surface area contributed by atoms with E-state index in [1.165, 1.54) is 12.3 Å². The van der Waals surface area contributed by atoms with E-state index in [-0.39, 0.29) is 12.1 Å². The Morgan fingerprint density at radius 1 is 0.951 bits per heavy atom. The molecule has 0 unspecified atom stereocenters. The highest BCUT2D eigenvalue weighted by molar-refractivity contribution is 6.08. The Morgan fingerprint density at radius 2 is 1.54 bits per heavy atom. The molecule has 222 valence electrons. The minimum Gasteiger partial charge on any atom is -0.493 e. The van der Waals surface area contributed by atoms with E-state index in [2.05, 4.69) is 25.8 Å². The van der Waals surface area contributed by atoms with Crippen molar-refractivity contribution in [1.29, 1.82) is 0 Å². The summed E-state index contributed by atoms with van der Waals surface area (Å²) in [5, 5.41) is 2.44. The second kappa shape index (κ2) is 13.0. The monoisotopic (exact) mass is 594 g/mol. The zero-order chi connectivity index (χ0) is 31.1. The second-order valence-corrected chi connectivity index (χ2v) is 7.67. The molecule has 0 aliphatic carbocycles. The highest BCUT2D eigenvalue weighted by atomic mass is 19.4. The molecule has 0 fully saturated rings. The average Bonchev–Trinajstić information content (AvgIpc) is 2.86. The average molecular weight is 594 g/mol. The third-order valence-corrected chi connectivity index (χ3v) is 4.86. The summed E-state index contributed by atoms with van der Waals surface area (Å²) in [5.74, 6) is -7.18. The molecule has 0 saturated carbocycles. The van der Waals surface area contributed by atoms with Crippen molar-refractivity contribution in [3.63, 3.8) is 0 Å². The van der Waals surface area contributed by atoms with E-state index < -0.39 is 64.3 Å². The summed E-state index contributed by atoms with van der Waals surface area (Å²) in [6, 6.07) is 2.81. The topological polar surface area (TPSA) is 135 Å². The van der Waals surface area contributed by atoms with Crippen molar-refractivity contribution in [3.05, 3.63) is 58.9 Å². The summed E-state index contributed by atoms with van der Waals surface area (Å²) < 4.78 is 112. The van der Waals surface area contributed by atoms with Crippen LogP contribution < -0.4 is 30.0 Å². The summed E-state index contributed by atoms with van der Waals surface area (Å²) in [6.07, 6.45) is -8.08. The molecule has 2 heterocycles. The Hall–Kier alpha value is -4.83. The lowest BCUT2D eigenvalue weighted by atomic mass is 10.1. The zero-order valence-electron chi connectivity index (χ0n) is 21.5.